The first kappa shape index (κ1) is 33.0. The maximum Gasteiger partial charge on any atom is 0.145 e. The van der Waals surface area contributed by atoms with Gasteiger partial charge in [0.15, 0.2) is 0 Å². The van der Waals surface area contributed by atoms with Gasteiger partial charge < -0.3 is 9.32 Å². The summed E-state index contributed by atoms with van der Waals surface area (Å²) in [6.07, 6.45) is 0. The largest absolute Gasteiger partial charge is 0.455 e. The van der Waals surface area contributed by atoms with Crippen molar-refractivity contribution in [2.75, 3.05) is 4.90 Å². The third kappa shape index (κ3) is 5.09. The number of rotatable bonds is 6. The third-order valence-electron chi connectivity index (χ3n) is 11.7. The summed E-state index contributed by atoms with van der Waals surface area (Å²) in [6.45, 7) is 8.73. The zero-order valence-electron chi connectivity index (χ0n) is 31.6. The van der Waals surface area contributed by atoms with Crippen LogP contribution in [-0.4, -0.2) is 0 Å². The van der Waals surface area contributed by atoms with Gasteiger partial charge in [-0.2, -0.15) is 0 Å². The lowest BCUT2D eigenvalue weighted by Crippen LogP contribution is -2.29. The van der Waals surface area contributed by atoms with Gasteiger partial charge in [0.1, 0.15) is 11.2 Å². The highest BCUT2D eigenvalue weighted by atomic mass is 16.3. The molecule has 0 fully saturated rings. The van der Waals surface area contributed by atoms with E-state index in [9.17, 15) is 0 Å². The Kier molecular flexibility index (Phi) is 7.64. The normalized spacial score (nSPS) is 12.9. The van der Waals surface area contributed by atoms with Crippen molar-refractivity contribution in [2.45, 2.75) is 33.1 Å². The fraction of sp³-hybridized carbons (Fsp3) is 0.0943. The topological polar surface area (TPSA) is 16.4 Å². The van der Waals surface area contributed by atoms with Gasteiger partial charge in [0.25, 0.3) is 0 Å². The van der Waals surface area contributed by atoms with Crippen molar-refractivity contribution >= 4 is 39.0 Å². The van der Waals surface area contributed by atoms with Crippen LogP contribution in [0.1, 0.15) is 44.5 Å². The van der Waals surface area contributed by atoms with Crippen molar-refractivity contribution in [1.29, 1.82) is 0 Å². The van der Waals surface area contributed by atoms with Gasteiger partial charge in [0.2, 0.25) is 0 Å². The number of furan rings is 1. The molecule has 0 aliphatic heterocycles. The Hall–Kier alpha value is -6.64. The smallest absolute Gasteiger partial charge is 0.145 e. The number of nitrogens with zero attached hydrogens (tertiary/aromatic N) is 1. The van der Waals surface area contributed by atoms with E-state index in [2.05, 4.69) is 209 Å². The van der Waals surface area contributed by atoms with Gasteiger partial charge in [0.05, 0.1) is 16.5 Å². The summed E-state index contributed by atoms with van der Waals surface area (Å²) in [5.74, 6) is 0. The van der Waals surface area contributed by atoms with E-state index in [1.807, 2.05) is 0 Å². The molecule has 1 heterocycles. The molecule has 10 rings (SSSR count). The Labute approximate surface area is 323 Å². The number of para-hydroxylation sites is 1. The first-order chi connectivity index (χ1) is 26.9. The Balaban J connectivity index is 1.35. The minimum Gasteiger partial charge on any atom is -0.455 e. The van der Waals surface area contributed by atoms with Crippen molar-refractivity contribution in [1.82, 2.24) is 0 Å². The minimum atomic E-state index is -0.598. The highest BCUT2D eigenvalue weighted by Gasteiger charge is 2.48. The Morgan fingerprint density at radius 3 is 1.75 bits per heavy atom. The molecule has 0 amide bonds. The van der Waals surface area contributed by atoms with E-state index in [0.29, 0.717) is 0 Å². The lowest BCUT2D eigenvalue weighted by Gasteiger charge is -2.35. The number of fused-ring (bicyclic) bond motifs is 7. The van der Waals surface area contributed by atoms with Crippen LogP contribution < -0.4 is 4.90 Å². The maximum absolute atomic E-state index is 7.11. The molecule has 0 saturated heterocycles. The van der Waals surface area contributed by atoms with Crippen molar-refractivity contribution in [2.24, 2.45) is 0 Å². The Morgan fingerprint density at radius 2 is 1.07 bits per heavy atom. The summed E-state index contributed by atoms with van der Waals surface area (Å²) in [6, 6.07) is 64.7. The van der Waals surface area contributed by atoms with Gasteiger partial charge in [-0.1, -0.05) is 156 Å². The molecule has 0 N–H and O–H groups in total. The molecular formula is C53H41NO. The van der Waals surface area contributed by atoms with Gasteiger partial charge >= 0.3 is 0 Å². The van der Waals surface area contributed by atoms with E-state index in [0.717, 1.165) is 44.6 Å². The van der Waals surface area contributed by atoms with Gasteiger partial charge in [-0.3, -0.25) is 0 Å². The van der Waals surface area contributed by atoms with Crippen molar-refractivity contribution in [3.8, 4) is 22.3 Å². The number of benzene rings is 8. The average molecular weight is 708 g/mol. The SMILES string of the molecule is Cc1ccc(N(c2ccc(-c3ccccc3C)cc2)c2cc3c(c4oc5ccccc5c24)-c2ccccc2C3(c2cccc(C)c2)c2cccc(C)c2)cc1. The van der Waals surface area contributed by atoms with Crippen LogP contribution in [0.15, 0.2) is 180 Å². The van der Waals surface area contributed by atoms with Crippen LogP contribution in [0.5, 0.6) is 0 Å². The average Bonchev–Trinajstić information content (AvgIpc) is 3.74. The van der Waals surface area contributed by atoms with E-state index in [1.165, 1.54) is 61.2 Å². The number of anilines is 3. The van der Waals surface area contributed by atoms with Crippen LogP contribution in [0.2, 0.25) is 0 Å². The van der Waals surface area contributed by atoms with Crippen LogP contribution in [0.4, 0.5) is 17.1 Å². The Morgan fingerprint density at radius 1 is 0.473 bits per heavy atom. The standard InChI is InChI=1S/C53H41NO/c1-34-23-27-41(28-24-34)54(42-29-25-38(26-30-42)43-18-6-5-15-37(43)4)48-33-47-50(52-51(48)45-20-8-10-22-49(45)55-52)44-19-7-9-21-46(44)53(47,39-16-11-13-35(2)31-39)40-17-12-14-36(3)32-40/h5-33H,1-4H3. The molecule has 1 aromatic heterocycles. The predicted octanol–water partition coefficient (Wildman–Crippen LogP) is 14.3. The van der Waals surface area contributed by atoms with Gasteiger partial charge in [0, 0.05) is 22.3 Å². The second kappa shape index (κ2) is 12.7. The molecule has 0 atom stereocenters. The molecule has 8 aromatic carbocycles. The lowest BCUT2D eigenvalue weighted by atomic mass is 9.67. The van der Waals surface area contributed by atoms with E-state index >= 15 is 0 Å². The lowest BCUT2D eigenvalue weighted by molar-refractivity contribution is 0.669. The predicted molar refractivity (Wildman–Crippen MR) is 230 cm³/mol. The van der Waals surface area contributed by atoms with E-state index in [-0.39, 0.29) is 0 Å². The summed E-state index contributed by atoms with van der Waals surface area (Å²) < 4.78 is 7.11. The second-order valence-electron chi connectivity index (χ2n) is 15.2. The third-order valence-corrected chi connectivity index (χ3v) is 11.7. The number of aryl methyl sites for hydroxylation is 4. The molecule has 1 aliphatic carbocycles. The van der Waals surface area contributed by atoms with Gasteiger partial charge in [-0.25, -0.2) is 0 Å². The zero-order chi connectivity index (χ0) is 37.3. The maximum atomic E-state index is 7.11. The van der Waals surface area contributed by atoms with Gasteiger partial charge in [-0.15, -0.1) is 0 Å². The fourth-order valence-electron chi connectivity index (χ4n) is 9.15. The second-order valence-corrected chi connectivity index (χ2v) is 15.2. The summed E-state index contributed by atoms with van der Waals surface area (Å²) in [5.41, 5.74) is 19.2. The first-order valence-corrected chi connectivity index (χ1v) is 19.2. The van der Waals surface area contributed by atoms with Crippen molar-refractivity contribution in [3.63, 3.8) is 0 Å². The number of hydrogen-bond acceptors (Lipinski definition) is 2. The molecule has 2 heteroatoms. The highest BCUT2D eigenvalue weighted by molar-refractivity contribution is 6.19. The Bertz CT molecular complexity index is 2870. The van der Waals surface area contributed by atoms with Crippen LogP contribution in [0, 0.1) is 27.7 Å². The molecule has 2 nitrogen and oxygen atoms in total. The summed E-state index contributed by atoms with van der Waals surface area (Å²) in [4.78, 5) is 2.44. The van der Waals surface area contributed by atoms with Gasteiger partial charge in [-0.05, 0) is 109 Å². The quantitative estimate of drug-likeness (QED) is 0.171. The fourth-order valence-corrected chi connectivity index (χ4v) is 9.15. The summed E-state index contributed by atoms with van der Waals surface area (Å²) in [7, 11) is 0. The molecule has 55 heavy (non-hydrogen) atoms. The van der Waals surface area contributed by atoms with Crippen LogP contribution in [0.3, 0.4) is 0 Å². The van der Waals surface area contributed by atoms with E-state index in [4.69, 9.17) is 4.42 Å². The van der Waals surface area contributed by atoms with Crippen LogP contribution in [-0.2, 0) is 5.41 Å². The van der Waals surface area contributed by atoms with Crippen LogP contribution >= 0.6 is 0 Å². The monoisotopic (exact) mass is 707 g/mol. The molecule has 0 saturated carbocycles. The highest BCUT2D eigenvalue weighted by Crippen LogP contribution is 2.61. The molecule has 264 valence electrons. The molecule has 9 aromatic rings. The van der Waals surface area contributed by atoms with Crippen LogP contribution in [0.25, 0.3) is 44.2 Å². The minimum absolute atomic E-state index is 0.598. The van der Waals surface area contributed by atoms with Crippen molar-refractivity contribution < 1.29 is 4.42 Å². The van der Waals surface area contributed by atoms with Crippen molar-refractivity contribution in [3.05, 3.63) is 220 Å². The molecule has 1 aliphatic rings. The molecular weight excluding hydrogens is 667 g/mol. The molecule has 0 bridgehead atoms. The van der Waals surface area contributed by atoms with E-state index < -0.39 is 5.41 Å². The molecule has 0 spiro atoms. The molecule has 0 unspecified atom stereocenters. The number of hydrogen-bond donors (Lipinski definition) is 0. The van der Waals surface area contributed by atoms with E-state index in [1.54, 1.807) is 0 Å². The zero-order valence-corrected chi connectivity index (χ0v) is 31.6. The molecule has 0 radical (unpaired) electrons. The first-order valence-electron chi connectivity index (χ1n) is 19.2. The summed E-state index contributed by atoms with van der Waals surface area (Å²) in [5, 5.41) is 2.21. The summed E-state index contributed by atoms with van der Waals surface area (Å²) >= 11 is 0.